The lowest BCUT2D eigenvalue weighted by atomic mass is 10.1. The van der Waals surface area contributed by atoms with Crippen LogP contribution in [0.3, 0.4) is 0 Å². The number of carbonyl (C=O) groups is 1. The van der Waals surface area contributed by atoms with Gasteiger partial charge < -0.3 is 9.73 Å². The van der Waals surface area contributed by atoms with Crippen molar-refractivity contribution < 1.29 is 9.21 Å². The molecule has 0 atom stereocenters. The van der Waals surface area contributed by atoms with E-state index < -0.39 is 0 Å². The van der Waals surface area contributed by atoms with Crippen LogP contribution in [0, 0.1) is 0 Å². The van der Waals surface area contributed by atoms with Gasteiger partial charge in [-0.25, -0.2) is 0 Å². The number of ketones is 1. The van der Waals surface area contributed by atoms with E-state index in [1.54, 1.807) is 32.4 Å². The lowest BCUT2D eigenvalue weighted by Crippen LogP contribution is -2.18. The van der Waals surface area contributed by atoms with Crippen molar-refractivity contribution in [2.24, 2.45) is 0 Å². The van der Waals surface area contributed by atoms with Crippen molar-refractivity contribution in [3.8, 4) is 0 Å². The van der Waals surface area contributed by atoms with Gasteiger partial charge in [-0.3, -0.25) is 4.79 Å². The summed E-state index contributed by atoms with van der Waals surface area (Å²) in [7, 11) is 1.75. The maximum absolute atomic E-state index is 11.3. The van der Waals surface area contributed by atoms with Crippen LogP contribution in [0.1, 0.15) is 12.7 Å². The predicted molar refractivity (Wildman–Crippen MR) is 51.3 cm³/mol. The zero-order chi connectivity index (χ0) is 9.68. The van der Waals surface area contributed by atoms with Gasteiger partial charge in [0.05, 0.1) is 12.8 Å². The van der Waals surface area contributed by atoms with Gasteiger partial charge >= 0.3 is 0 Å². The molecule has 0 aromatic carbocycles. The van der Waals surface area contributed by atoms with E-state index in [4.69, 9.17) is 4.42 Å². The number of hydrogen-bond donors (Lipinski definition) is 1. The Balaban J connectivity index is 2.66. The van der Waals surface area contributed by atoms with Crippen LogP contribution in [-0.4, -0.2) is 19.4 Å². The predicted octanol–water partition coefficient (Wildman–Crippen LogP) is 1.47. The van der Waals surface area contributed by atoms with Crippen LogP contribution in [0.5, 0.6) is 0 Å². The topological polar surface area (TPSA) is 42.2 Å². The highest BCUT2D eigenvalue weighted by atomic mass is 16.3. The molecular weight excluding hydrogens is 166 g/mol. The molecule has 3 heteroatoms. The number of likely N-dealkylation sites (N-methyl/N-ethyl adjacent to an activating group) is 1. The minimum Gasteiger partial charge on any atom is -0.465 e. The Hall–Kier alpha value is -1.35. The molecule has 0 radical (unpaired) electrons. The highest BCUT2D eigenvalue weighted by Gasteiger charge is 2.02. The summed E-state index contributed by atoms with van der Waals surface area (Å²) in [5.74, 6) is 0.792. The molecule has 0 bridgehead atoms. The summed E-state index contributed by atoms with van der Waals surface area (Å²) in [5.41, 5.74) is 0.698. The van der Waals surface area contributed by atoms with Crippen molar-refractivity contribution in [2.45, 2.75) is 6.92 Å². The average Bonchev–Trinajstić information content (AvgIpc) is 2.57. The third-order valence-electron chi connectivity index (χ3n) is 1.68. The van der Waals surface area contributed by atoms with Crippen LogP contribution < -0.4 is 5.32 Å². The van der Waals surface area contributed by atoms with Gasteiger partial charge in [-0.15, -0.1) is 0 Å². The van der Waals surface area contributed by atoms with Gasteiger partial charge in [-0.05, 0) is 37.8 Å². The third kappa shape index (κ3) is 2.87. The van der Waals surface area contributed by atoms with E-state index in [0.717, 1.165) is 0 Å². The minimum absolute atomic E-state index is 0.0823. The highest BCUT2D eigenvalue weighted by Crippen LogP contribution is 2.07. The fourth-order valence-corrected chi connectivity index (χ4v) is 0.967. The summed E-state index contributed by atoms with van der Waals surface area (Å²) in [5, 5.41) is 2.81. The molecule has 1 N–H and O–H groups in total. The summed E-state index contributed by atoms with van der Waals surface area (Å²) < 4.78 is 5.08. The Morgan fingerprint density at radius 3 is 3.00 bits per heavy atom. The minimum atomic E-state index is 0.0823. The van der Waals surface area contributed by atoms with Crippen molar-refractivity contribution in [1.82, 2.24) is 5.32 Å². The second-order valence-electron chi connectivity index (χ2n) is 2.80. The number of rotatable bonds is 4. The molecule has 0 fully saturated rings. The first-order valence-electron chi connectivity index (χ1n) is 4.13. The number of nitrogens with one attached hydrogen (secondary N) is 1. The molecule has 0 saturated heterocycles. The van der Waals surface area contributed by atoms with E-state index in [1.165, 1.54) is 0 Å². The first-order valence-corrected chi connectivity index (χ1v) is 4.13. The van der Waals surface area contributed by atoms with Gasteiger partial charge in [0.1, 0.15) is 5.76 Å². The van der Waals surface area contributed by atoms with Gasteiger partial charge in [0, 0.05) is 0 Å². The van der Waals surface area contributed by atoms with Gasteiger partial charge in [0.15, 0.2) is 5.78 Å². The van der Waals surface area contributed by atoms with Crippen LogP contribution in [0.25, 0.3) is 6.08 Å². The maximum atomic E-state index is 11.3. The van der Waals surface area contributed by atoms with Crippen molar-refractivity contribution >= 4 is 11.9 Å². The van der Waals surface area contributed by atoms with Gasteiger partial charge in [0.25, 0.3) is 0 Å². The lowest BCUT2D eigenvalue weighted by Gasteiger charge is -1.97. The van der Waals surface area contributed by atoms with Gasteiger partial charge in [-0.1, -0.05) is 0 Å². The van der Waals surface area contributed by atoms with E-state index >= 15 is 0 Å². The van der Waals surface area contributed by atoms with Gasteiger partial charge in [-0.2, -0.15) is 0 Å². The molecule has 0 aliphatic rings. The Morgan fingerprint density at radius 1 is 1.69 bits per heavy atom. The molecule has 70 valence electrons. The normalized spacial score (nSPS) is 11.7. The number of Topliss-reactive ketones (excluding diaryl/α,β-unsaturated/α-hetero) is 1. The van der Waals surface area contributed by atoms with E-state index in [0.29, 0.717) is 17.9 Å². The molecule has 0 aliphatic carbocycles. The summed E-state index contributed by atoms with van der Waals surface area (Å²) >= 11 is 0. The number of carbonyl (C=O) groups excluding carboxylic acids is 1. The van der Waals surface area contributed by atoms with E-state index in [-0.39, 0.29) is 5.78 Å². The standard InChI is InChI=1S/C10H13NO2/c1-8(10(12)7-11-2)6-9-4-3-5-13-9/h3-6,11H,7H2,1-2H3/b8-6+. The molecule has 0 amide bonds. The van der Waals surface area contributed by atoms with Crippen LogP contribution in [0.2, 0.25) is 0 Å². The monoisotopic (exact) mass is 179 g/mol. The molecule has 13 heavy (non-hydrogen) atoms. The number of furan rings is 1. The molecular formula is C10H13NO2. The smallest absolute Gasteiger partial charge is 0.172 e. The van der Waals surface area contributed by atoms with Crippen molar-refractivity contribution in [3.63, 3.8) is 0 Å². The first kappa shape index (κ1) is 9.74. The molecule has 1 aromatic heterocycles. The third-order valence-corrected chi connectivity index (χ3v) is 1.68. The van der Waals surface area contributed by atoms with Crippen LogP contribution >= 0.6 is 0 Å². The molecule has 1 rings (SSSR count). The Labute approximate surface area is 77.4 Å². The van der Waals surface area contributed by atoms with Crippen LogP contribution in [0.4, 0.5) is 0 Å². The fraction of sp³-hybridized carbons (Fsp3) is 0.300. The SMILES string of the molecule is CNCC(=O)/C(C)=C/c1ccco1. The Bertz CT molecular complexity index is 299. The second kappa shape index (κ2) is 4.62. The molecule has 0 spiro atoms. The zero-order valence-corrected chi connectivity index (χ0v) is 7.83. The number of hydrogen-bond acceptors (Lipinski definition) is 3. The van der Waals surface area contributed by atoms with E-state index in [2.05, 4.69) is 5.32 Å². The van der Waals surface area contributed by atoms with E-state index in [1.807, 2.05) is 6.07 Å². The van der Waals surface area contributed by atoms with Crippen molar-refractivity contribution in [1.29, 1.82) is 0 Å². The lowest BCUT2D eigenvalue weighted by molar-refractivity contribution is -0.114. The highest BCUT2D eigenvalue weighted by molar-refractivity contribution is 5.99. The maximum Gasteiger partial charge on any atom is 0.172 e. The second-order valence-corrected chi connectivity index (χ2v) is 2.80. The molecule has 0 saturated carbocycles. The molecule has 1 aromatic rings. The van der Waals surface area contributed by atoms with E-state index in [9.17, 15) is 4.79 Å². The molecule has 0 aliphatic heterocycles. The quantitative estimate of drug-likeness (QED) is 0.712. The molecule has 3 nitrogen and oxygen atoms in total. The summed E-state index contributed by atoms with van der Waals surface area (Å²) in [6.07, 6.45) is 3.32. The Morgan fingerprint density at radius 2 is 2.46 bits per heavy atom. The Kier molecular flexibility index (Phi) is 3.46. The average molecular weight is 179 g/mol. The largest absolute Gasteiger partial charge is 0.465 e. The summed E-state index contributed by atoms with van der Waals surface area (Å²) in [6.45, 7) is 2.14. The summed E-state index contributed by atoms with van der Waals surface area (Å²) in [4.78, 5) is 11.3. The first-order chi connectivity index (χ1) is 6.24. The summed E-state index contributed by atoms with van der Waals surface area (Å²) in [6, 6.07) is 3.61. The molecule has 1 heterocycles. The fourth-order valence-electron chi connectivity index (χ4n) is 0.967. The van der Waals surface area contributed by atoms with Crippen molar-refractivity contribution in [3.05, 3.63) is 29.7 Å². The zero-order valence-electron chi connectivity index (χ0n) is 7.83. The molecule has 0 unspecified atom stereocenters. The van der Waals surface area contributed by atoms with Crippen LogP contribution in [-0.2, 0) is 4.79 Å². The van der Waals surface area contributed by atoms with Gasteiger partial charge in [0.2, 0.25) is 0 Å². The van der Waals surface area contributed by atoms with Crippen molar-refractivity contribution in [2.75, 3.05) is 13.6 Å². The van der Waals surface area contributed by atoms with Crippen LogP contribution in [0.15, 0.2) is 28.4 Å².